The summed E-state index contributed by atoms with van der Waals surface area (Å²) in [7, 11) is 0. The molecule has 1 aromatic heterocycles. The lowest BCUT2D eigenvalue weighted by atomic mass is 10.2. The number of nitrogens with two attached hydrogens (primary N) is 1. The minimum Gasteiger partial charge on any atom is -0.320 e. The smallest absolute Gasteiger partial charge is 0.242 e. The molecule has 1 amide bonds. The summed E-state index contributed by atoms with van der Waals surface area (Å²) in [6.07, 6.45) is 5.21. The molecule has 1 atom stereocenters. The third kappa shape index (κ3) is 3.53. The van der Waals surface area contributed by atoms with Crippen molar-refractivity contribution in [2.45, 2.75) is 25.8 Å². The highest BCUT2D eigenvalue weighted by Gasteiger charge is 2.14. The van der Waals surface area contributed by atoms with Gasteiger partial charge in [-0.25, -0.2) is 0 Å². The molecule has 0 aliphatic carbocycles. The summed E-state index contributed by atoms with van der Waals surface area (Å²) >= 11 is 1.68. The molecule has 0 aliphatic heterocycles. The number of hydrogen-bond donors (Lipinski definition) is 3. The first-order chi connectivity index (χ1) is 7.69. The highest BCUT2D eigenvalue weighted by Crippen LogP contribution is 2.11. The van der Waals surface area contributed by atoms with Crippen LogP contribution in [0.25, 0.3) is 0 Å². The lowest BCUT2D eigenvalue weighted by Gasteiger charge is -2.11. The molecule has 1 heterocycles. The number of hydrogen-bond acceptors (Lipinski definition) is 4. The minimum absolute atomic E-state index is 0.159. The van der Waals surface area contributed by atoms with Crippen LogP contribution >= 0.6 is 11.8 Å². The fraction of sp³-hybridized carbons (Fsp3) is 0.600. The Labute approximate surface area is 99.6 Å². The number of amides is 1. The Morgan fingerprint density at radius 2 is 2.50 bits per heavy atom. The van der Waals surface area contributed by atoms with Crippen molar-refractivity contribution in [3.63, 3.8) is 0 Å². The normalized spacial score (nSPS) is 12.4. The van der Waals surface area contributed by atoms with Gasteiger partial charge in [0.05, 0.1) is 12.2 Å². The molecule has 1 aromatic rings. The molecule has 4 N–H and O–H groups in total. The van der Waals surface area contributed by atoms with E-state index in [4.69, 9.17) is 5.73 Å². The van der Waals surface area contributed by atoms with Gasteiger partial charge in [-0.3, -0.25) is 9.89 Å². The standard InChI is InChI=1S/C10H18N4OS/c1-3-7-6-12-14-9(7)13-10(15)8(11)4-5-16-2/h6,8H,3-5,11H2,1-2H3,(H2,12,13,14,15)/t8-/m1/s1. The Hall–Kier alpha value is -1.01. The zero-order chi connectivity index (χ0) is 12.0. The Balaban J connectivity index is 2.50. The van der Waals surface area contributed by atoms with Gasteiger partial charge in [0.2, 0.25) is 5.91 Å². The Bertz CT molecular complexity index is 339. The number of rotatable bonds is 6. The fourth-order valence-corrected chi connectivity index (χ4v) is 1.77. The summed E-state index contributed by atoms with van der Waals surface area (Å²) in [6, 6.07) is -0.458. The van der Waals surface area contributed by atoms with Gasteiger partial charge in [0.25, 0.3) is 0 Å². The summed E-state index contributed by atoms with van der Waals surface area (Å²) in [5.74, 6) is 1.39. The maximum absolute atomic E-state index is 11.7. The van der Waals surface area contributed by atoms with Gasteiger partial charge in [-0.05, 0) is 24.9 Å². The molecule has 6 heteroatoms. The summed E-state index contributed by atoms with van der Waals surface area (Å²) in [6.45, 7) is 2.01. The molecule has 0 unspecified atom stereocenters. The summed E-state index contributed by atoms with van der Waals surface area (Å²) in [4.78, 5) is 11.7. The number of aryl methyl sites for hydroxylation is 1. The van der Waals surface area contributed by atoms with Gasteiger partial charge >= 0.3 is 0 Å². The number of aromatic nitrogens is 2. The quantitative estimate of drug-likeness (QED) is 0.694. The van der Waals surface area contributed by atoms with E-state index >= 15 is 0 Å². The molecule has 1 rings (SSSR count). The number of H-pyrrole nitrogens is 1. The molecule has 16 heavy (non-hydrogen) atoms. The lowest BCUT2D eigenvalue weighted by Crippen LogP contribution is -2.36. The predicted octanol–water partition coefficient (Wildman–Crippen LogP) is 0.991. The first-order valence-corrected chi connectivity index (χ1v) is 6.66. The van der Waals surface area contributed by atoms with Crippen LogP contribution in [0.4, 0.5) is 5.82 Å². The van der Waals surface area contributed by atoms with Crippen molar-refractivity contribution in [2.75, 3.05) is 17.3 Å². The van der Waals surface area contributed by atoms with Crippen LogP contribution in [0.1, 0.15) is 18.9 Å². The number of nitrogens with zero attached hydrogens (tertiary/aromatic N) is 1. The Morgan fingerprint density at radius 3 is 3.12 bits per heavy atom. The molecule has 5 nitrogen and oxygen atoms in total. The molecule has 0 radical (unpaired) electrons. The molecule has 0 saturated heterocycles. The third-order valence-electron chi connectivity index (χ3n) is 2.32. The number of anilines is 1. The third-order valence-corrected chi connectivity index (χ3v) is 2.96. The van der Waals surface area contributed by atoms with E-state index in [1.165, 1.54) is 0 Å². The van der Waals surface area contributed by atoms with Gasteiger partial charge in [-0.2, -0.15) is 16.9 Å². The van der Waals surface area contributed by atoms with Gasteiger partial charge in [0.1, 0.15) is 5.82 Å². The lowest BCUT2D eigenvalue weighted by molar-refractivity contribution is -0.117. The Kier molecular flexibility index (Phi) is 5.34. The fourth-order valence-electron chi connectivity index (χ4n) is 1.28. The summed E-state index contributed by atoms with van der Waals surface area (Å²) in [5.41, 5.74) is 6.74. The van der Waals surface area contributed by atoms with E-state index in [-0.39, 0.29) is 5.91 Å². The van der Waals surface area contributed by atoms with Crippen molar-refractivity contribution < 1.29 is 4.79 Å². The first-order valence-electron chi connectivity index (χ1n) is 5.26. The average Bonchev–Trinajstić information content (AvgIpc) is 2.72. The SMILES string of the molecule is CCc1cn[nH]c1NC(=O)[C@H](N)CCSC. The zero-order valence-corrected chi connectivity index (χ0v) is 10.4. The van der Waals surface area contributed by atoms with Crippen molar-refractivity contribution in [3.8, 4) is 0 Å². The molecule has 0 aliphatic rings. The molecule has 0 aromatic carbocycles. The minimum atomic E-state index is -0.458. The van der Waals surface area contributed by atoms with Crippen LogP contribution in [0.5, 0.6) is 0 Å². The van der Waals surface area contributed by atoms with Crippen LogP contribution in [0.15, 0.2) is 6.20 Å². The van der Waals surface area contributed by atoms with E-state index in [0.717, 1.165) is 17.7 Å². The summed E-state index contributed by atoms with van der Waals surface area (Å²) in [5, 5.41) is 9.40. The van der Waals surface area contributed by atoms with Gasteiger partial charge < -0.3 is 11.1 Å². The van der Waals surface area contributed by atoms with Gasteiger partial charge in [0, 0.05) is 5.56 Å². The maximum Gasteiger partial charge on any atom is 0.242 e. The average molecular weight is 242 g/mol. The second kappa shape index (κ2) is 6.55. The van der Waals surface area contributed by atoms with Gasteiger partial charge in [-0.1, -0.05) is 6.92 Å². The maximum atomic E-state index is 11.7. The molecular formula is C10H18N4OS. The van der Waals surface area contributed by atoms with E-state index in [0.29, 0.717) is 12.2 Å². The summed E-state index contributed by atoms with van der Waals surface area (Å²) < 4.78 is 0. The number of thioether (sulfide) groups is 1. The first kappa shape index (κ1) is 13.1. The number of carbonyl (C=O) groups is 1. The molecular weight excluding hydrogens is 224 g/mol. The van der Waals surface area contributed by atoms with Gasteiger partial charge in [-0.15, -0.1) is 0 Å². The van der Waals surface area contributed by atoms with Crippen LogP contribution in [-0.4, -0.2) is 34.2 Å². The second-order valence-electron chi connectivity index (χ2n) is 3.50. The van der Waals surface area contributed by atoms with E-state index in [9.17, 15) is 4.79 Å². The second-order valence-corrected chi connectivity index (χ2v) is 4.49. The van der Waals surface area contributed by atoms with Crippen molar-refractivity contribution in [1.82, 2.24) is 10.2 Å². The highest BCUT2D eigenvalue weighted by atomic mass is 32.2. The molecule has 0 saturated carbocycles. The largest absolute Gasteiger partial charge is 0.320 e. The molecule has 0 fully saturated rings. The van der Waals surface area contributed by atoms with Crippen LogP contribution in [0, 0.1) is 0 Å². The van der Waals surface area contributed by atoms with Crippen molar-refractivity contribution in [2.24, 2.45) is 5.73 Å². The molecule has 0 spiro atoms. The zero-order valence-electron chi connectivity index (χ0n) is 9.62. The Morgan fingerprint density at radius 1 is 1.75 bits per heavy atom. The monoisotopic (exact) mass is 242 g/mol. The molecule has 90 valence electrons. The van der Waals surface area contributed by atoms with Gasteiger partial charge in [0.15, 0.2) is 0 Å². The van der Waals surface area contributed by atoms with E-state index in [1.54, 1.807) is 18.0 Å². The number of nitrogens with one attached hydrogen (secondary N) is 2. The van der Waals surface area contributed by atoms with Crippen LogP contribution in [-0.2, 0) is 11.2 Å². The number of carbonyl (C=O) groups excluding carboxylic acids is 1. The van der Waals surface area contributed by atoms with E-state index in [1.807, 2.05) is 13.2 Å². The predicted molar refractivity (Wildman–Crippen MR) is 67.6 cm³/mol. The number of aromatic amines is 1. The topological polar surface area (TPSA) is 83.8 Å². The van der Waals surface area contributed by atoms with E-state index < -0.39 is 6.04 Å². The van der Waals surface area contributed by atoms with Crippen LogP contribution in [0.2, 0.25) is 0 Å². The van der Waals surface area contributed by atoms with Crippen LogP contribution < -0.4 is 11.1 Å². The van der Waals surface area contributed by atoms with Crippen molar-refractivity contribution in [3.05, 3.63) is 11.8 Å². The van der Waals surface area contributed by atoms with Crippen molar-refractivity contribution in [1.29, 1.82) is 0 Å². The van der Waals surface area contributed by atoms with E-state index in [2.05, 4.69) is 15.5 Å². The van der Waals surface area contributed by atoms with Crippen molar-refractivity contribution >= 4 is 23.5 Å². The van der Waals surface area contributed by atoms with Crippen LogP contribution in [0.3, 0.4) is 0 Å². The molecule has 0 bridgehead atoms. The highest BCUT2D eigenvalue weighted by molar-refractivity contribution is 7.98.